The predicted molar refractivity (Wildman–Crippen MR) is 73.8 cm³/mol. The minimum atomic E-state index is -0.404. The molecular weight excluding hydrogens is 238 g/mol. The Hall–Kier alpha value is -2.62. The highest BCUT2D eigenvalue weighted by molar-refractivity contribution is 5.97. The van der Waals surface area contributed by atoms with E-state index in [2.05, 4.69) is 9.55 Å². The van der Waals surface area contributed by atoms with Crippen LogP contribution in [0.15, 0.2) is 55.0 Å². The zero-order valence-electron chi connectivity index (χ0n) is 10.3. The first-order valence-electron chi connectivity index (χ1n) is 6.01. The van der Waals surface area contributed by atoms with E-state index >= 15 is 0 Å². The first kappa shape index (κ1) is 11.5. The van der Waals surface area contributed by atoms with Crippen LogP contribution in [0.5, 0.6) is 0 Å². The van der Waals surface area contributed by atoms with E-state index in [1.54, 1.807) is 18.5 Å². The Labute approximate surface area is 110 Å². The Bertz CT molecular complexity index is 731. The van der Waals surface area contributed by atoms with Crippen LogP contribution in [-0.2, 0) is 6.54 Å². The van der Waals surface area contributed by atoms with Gasteiger partial charge in [-0.05, 0) is 41.3 Å². The maximum atomic E-state index is 11.2. The second-order valence-corrected chi connectivity index (χ2v) is 4.44. The molecule has 1 aromatic carbocycles. The first-order valence-corrected chi connectivity index (χ1v) is 6.01. The van der Waals surface area contributed by atoms with Crippen molar-refractivity contribution in [3.8, 4) is 0 Å². The summed E-state index contributed by atoms with van der Waals surface area (Å²) in [5.74, 6) is -0.404. The molecule has 0 aliphatic rings. The first-order chi connectivity index (χ1) is 9.24. The van der Waals surface area contributed by atoms with Crippen LogP contribution in [0.25, 0.3) is 10.9 Å². The molecule has 0 saturated carbocycles. The molecule has 0 bridgehead atoms. The number of benzene rings is 1. The largest absolute Gasteiger partial charge is 0.366 e. The van der Waals surface area contributed by atoms with Gasteiger partial charge in [-0.2, -0.15) is 0 Å². The molecule has 1 amide bonds. The van der Waals surface area contributed by atoms with E-state index in [1.807, 2.05) is 36.5 Å². The molecule has 0 fully saturated rings. The van der Waals surface area contributed by atoms with Crippen LogP contribution in [0.3, 0.4) is 0 Å². The number of carbonyl (C=O) groups excluding carboxylic acids is 1. The Morgan fingerprint density at radius 2 is 1.95 bits per heavy atom. The summed E-state index contributed by atoms with van der Waals surface area (Å²) in [6.07, 6.45) is 5.56. The van der Waals surface area contributed by atoms with Crippen LogP contribution < -0.4 is 5.73 Å². The second-order valence-electron chi connectivity index (χ2n) is 4.44. The molecular formula is C15H13N3O. The van der Waals surface area contributed by atoms with Gasteiger partial charge >= 0.3 is 0 Å². The quantitative estimate of drug-likeness (QED) is 0.775. The third-order valence-corrected chi connectivity index (χ3v) is 3.16. The average molecular weight is 251 g/mol. The van der Waals surface area contributed by atoms with Gasteiger partial charge < -0.3 is 10.3 Å². The number of amides is 1. The minimum absolute atomic E-state index is 0.404. The Morgan fingerprint density at radius 1 is 1.16 bits per heavy atom. The summed E-state index contributed by atoms with van der Waals surface area (Å²) < 4.78 is 2.09. The second kappa shape index (κ2) is 4.57. The van der Waals surface area contributed by atoms with Gasteiger partial charge in [-0.15, -0.1) is 0 Å². The summed E-state index contributed by atoms with van der Waals surface area (Å²) in [5.41, 5.74) is 8.02. The number of pyridine rings is 1. The lowest BCUT2D eigenvalue weighted by atomic mass is 10.1. The fourth-order valence-electron chi connectivity index (χ4n) is 2.16. The van der Waals surface area contributed by atoms with Crippen LogP contribution in [-0.4, -0.2) is 15.5 Å². The van der Waals surface area contributed by atoms with Crippen molar-refractivity contribution < 1.29 is 4.79 Å². The molecule has 3 aromatic rings. The Kier molecular flexibility index (Phi) is 2.76. The van der Waals surface area contributed by atoms with Gasteiger partial charge in [0.2, 0.25) is 5.91 Å². The standard InChI is InChI=1S/C15H13N3O/c16-15(19)13-2-1-12-5-8-18(14(12)9-13)10-11-3-6-17-7-4-11/h1-9H,10H2,(H2,16,19). The smallest absolute Gasteiger partial charge is 0.248 e. The van der Waals surface area contributed by atoms with Crippen molar-refractivity contribution in [1.29, 1.82) is 0 Å². The number of carbonyl (C=O) groups is 1. The van der Waals surface area contributed by atoms with E-state index in [9.17, 15) is 4.79 Å². The van der Waals surface area contributed by atoms with Gasteiger partial charge in [-0.1, -0.05) is 6.07 Å². The van der Waals surface area contributed by atoms with Gasteiger partial charge in [0.1, 0.15) is 0 Å². The third kappa shape index (κ3) is 2.20. The zero-order valence-corrected chi connectivity index (χ0v) is 10.3. The maximum absolute atomic E-state index is 11.2. The van der Waals surface area contributed by atoms with Crippen molar-refractivity contribution in [3.05, 3.63) is 66.1 Å². The number of rotatable bonds is 3. The highest BCUT2D eigenvalue weighted by Gasteiger charge is 2.06. The van der Waals surface area contributed by atoms with Crippen LogP contribution in [0.4, 0.5) is 0 Å². The molecule has 0 spiro atoms. The van der Waals surface area contributed by atoms with Gasteiger partial charge in [-0.25, -0.2) is 0 Å². The number of primary amides is 1. The molecule has 2 aromatic heterocycles. The summed E-state index contributed by atoms with van der Waals surface area (Å²) in [4.78, 5) is 15.2. The van der Waals surface area contributed by atoms with Crippen molar-refractivity contribution >= 4 is 16.8 Å². The number of nitrogens with zero attached hydrogens (tertiary/aromatic N) is 2. The molecule has 4 nitrogen and oxygen atoms in total. The van der Waals surface area contributed by atoms with Crippen molar-refractivity contribution in [2.75, 3.05) is 0 Å². The molecule has 0 aliphatic heterocycles. The summed E-state index contributed by atoms with van der Waals surface area (Å²) in [7, 11) is 0. The summed E-state index contributed by atoms with van der Waals surface area (Å²) in [6, 6.07) is 11.5. The number of nitrogens with two attached hydrogens (primary N) is 1. The molecule has 2 heterocycles. The number of fused-ring (bicyclic) bond motifs is 1. The predicted octanol–water partition coefficient (Wildman–Crippen LogP) is 2.18. The fraction of sp³-hybridized carbons (Fsp3) is 0.0667. The molecule has 0 atom stereocenters. The number of aromatic nitrogens is 2. The Balaban J connectivity index is 2.04. The van der Waals surface area contributed by atoms with Crippen molar-refractivity contribution in [3.63, 3.8) is 0 Å². The third-order valence-electron chi connectivity index (χ3n) is 3.16. The minimum Gasteiger partial charge on any atom is -0.366 e. The molecule has 2 N–H and O–H groups in total. The van der Waals surface area contributed by atoms with Crippen molar-refractivity contribution in [1.82, 2.24) is 9.55 Å². The molecule has 4 heteroatoms. The topological polar surface area (TPSA) is 60.9 Å². The van der Waals surface area contributed by atoms with E-state index < -0.39 is 5.91 Å². The summed E-state index contributed by atoms with van der Waals surface area (Å²) >= 11 is 0. The molecule has 0 aliphatic carbocycles. The maximum Gasteiger partial charge on any atom is 0.248 e. The Morgan fingerprint density at radius 3 is 2.68 bits per heavy atom. The van der Waals surface area contributed by atoms with E-state index in [1.165, 1.54) is 0 Å². The van der Waals surface area contributed by atoms with Gasteiger partial charge in [0.05, 0.1) is 0 Å². The van der Waals surface area contributed by atoms with E-state index in [-0.39, 0.29) is 0 Å². The summed E-state index contributed by atoms with van der Waals surface area (Å²) in [6.45, 7) is 0.744. The molecule has 0 saturated heterocycles. The lowest BCUT2D eigenvalue weighted by Gasteiger charge is -2.06. The van der Waals surface area contributed by atoms with Gasteiger partial charge in [-0.3, -0.25) is 9.78 Å². The number of hydrogen-bond acceptors (Lipinski definition) is 2. The van der Waals surface area contributed by atoms with Gasteiger partial charge in [0, 0.05) is 36.2 Å². The molecule has 0 unspecified atom stereocenters. The monoisotopic (exact) mass is 251 g/mol. The lowest BCUT2D eigenvalue weighted by Crippen LogP contribution is -2.10. The normalized spacial score (nSPS) is 10.7. The van der Waals surface area contributed by atoms with Crippen LogP contribution >= 0.6 is 0 Å². The average Bonchev–Trinajstić information content (AvgIpc) is 2.82. The lowest BCUT2D eigenvalue weighted by molar-refractivity contribution is 0.100. The highest BCUT2D eigenvalue weighted by Crippen LogP contribution is 2.18. The van der Waals surface area contributed by atoms with Crippen LogP contribution in [0.2, 0.25) is 0 Å². The van der Waals surface area contributed by atoms with Crippen molar-refractivity contribution in [2.24, 2.45) is 5.73 Å². The van der Waals surface area contributed by atoms with E-state index in [4.69, 9.17) is 5.73 Å². The summed E-state index contributed by atoms with van der Waals surface area (Å²) in [5, 5.41) is 1.10. The molecule has 3 rings (SSSR count). The van der Waals surface area contributed by atoms with Gasteiger partial charge in [0.25, 0.3) is 0 Å². The zero-order chi connectivity index (χ0) is 13.2. The molecule has 94 valence electrons. The van der Waals surface area contributed by atoms with Crippen LogP contribution in [0, 0.1) is 0 Å². The molecule has 0 radical (unpaired) electrons. The van der Waals surface area contributed by atoms with Crippen LogP contribution in [0.1, 0.15) is 15.9 Å². The number of hydrogen-bond donors (Lipinski definition) is 1. The molecule has 19 heavy (non-hydrogen) atoms. The van der Waals surface area contributed by atoms with E-state index in [0.717, 1.165) is 23.0 Å². The SMILES string of the molecule is NC(=O)c1ccc2ccn(Cc3ccncc3)c2c1. The fourth-order valence-corrected chi connectivity index (χ4v) is 2.16. The van der Waals surface area contributed by atoms with Crippen molar-refractivity contribution in [2.45, 2.75) is 6.54 Å². The van der Waals surface area contributed by atoms with E-state index in [0.29, 0.717) is 5.56 Å². The van der Waals surface area contributed by atoms with Gasteiger partial charge in [0.15, 0.2) is 0 Å². The highest BCUT2D eigenvalue weighted by atomic mass is 16.1.